The fourth-order valence-corrected chi connectivity index (χ4v) is 3.53. The zero-order valence-electron chi connectivity index (χ0n) is 16.8. The van der Waals surface area contributed by atoms with Gasteiger partial charge in [0, 0.05) is 18.5 Å². The summed E-state index contributed by atoms with van der Waals surface area (Å²) in [5.41, 5.74) is 0.741. The Morgan fingerprint density at radius 3 is 2.68 bits per heavy atom. The average molecular weight is 408 g/mol. The number of fused-ring (bicyclic) bond motifs is 1. The van der Waals surface area contributed by atoms with Gasteiger partial charge in [0.25, 0.3) is 5.88 Å². The first-order valence-electron chi connectivity index (χ1n) is 9.36. The second kappa shape index (κ2) is 8.09. The lowest BCUT2D eigenvalue weighted by atomic mass is 9.95. The van der Waals surface area contributed by atoms with Crippen LogP contribution >= 0.6 is 11.6 Å². The molecule has 3 atom stereocenters. The average Bonchev–Trinajstić information content (AvgIpc) is 3.03. The molecule has 2 heterocycles. The molecule has 1 aromatic carbocycles. The first kappa shape index (κ1) is 20.6. The van der Waals surface area contributed by atoms with Gasteiger partial charge in [0.1, 0.15) is 23.5 Å². The van der Waals surface area contributed by atoms with Gasteiger partial charge in [-0.15, -0.1) is 0 Å². The quantitative estimate of drug-likeness (QED) is 0.760. The van der Waals surface area contributed by atoms with Crippen molar-refractivity contribution in [2.75, 3.05) is 13.7 Å². The predicted octanol–water partition coefficient (Wildman–Crippen LogP) is 3.38. The number of hydrogen-bond donors (Lipinski definition) is 1. The summed E-state index contributed by atoms with van der Waals surface area (Å²) in [6.45, 7) is 8.08. The number of rotatable bonds is 5. The minimum Gasteiger partial charge on any atom is -0.497 e. The van der Waals surface area contributed by atoms with Crippen LogP contribution in [0.5, 0.6) is 11.6 Å². The lowest BCUT2D eigenvalue weighted by molar-refractivity contribution is -0.158. The third-order valence-electron chi connectivity index (χ3n) is 4.64. The molecule has 1 aliphatic rings. The van der Waals surface area contributed by atoms with Gasteiger partial charge in [0.05, 0.1) is 18.1 Å². The molecular weight excluding hydrogens is 382 g/mol. The molecule has 1 fully saturated rings. The van der Waals surface area contributed by atoms with Crippen molar-refractivity contribution in [3.8, 4) is 11.6 Å². The van der Waals surface area contributed by atoms with E-state index in [0.29, 0.717) is 23.3 Å². The summed E-state index contributed by atoms with van der Waals surface area (Å²) in [6, 6.07) is 4.94. The number of carbonyl (C=O) groups is 1. The standard InChI is InChI=1S/C20H26ClN3O4/c1-6-12-15(10-22-16(12)19(25)28-20(2,3)4)27-18-17(21)23-13-8-7-11(26-5)9-14(13)24-18/h7-9,12,15-16,22H,6,10H2,1-5H3/t12-,15+,16+/m1/s1. The molecule has 0 amide bonds. The molecule has 1 N–H and O–H groups in total. The number of carbonyl (C=O) groups excluding carboxylic acids is 1. The molecule has 1 saturated heterocycles. The number of halogens is 1. The van der Waals surface area contributed by atoms with E-state index in [1.54, 1.807) is 25.3 Å². The number of nitrogens with one attached hydrogen (secondary N) is 1. The summed E-state index contributed by atoms with van der Waals surface area (Å²) in [5, 5.41) is 3.40. The zero-order valence-corrected chi connectivity index (χ0v) is 17.5. The summed E-state index contributed by atoms with van der Waals surface area (Å²) in [5.74, 6) is 0.589. The highest BCUT2D eigenvalue weighted by atomic mass is 35.5. The van der Waals surface area contributed by atoms with Gasteiger partial charge < -0.3 is 19.5 Å². The summed E-state index contributed by atoms with van der Waals surface area (Å²) < 4.78 is 16.9. The molecule has 0 saturated carbocycles. The van der Waals surface area contributed by atoms with Gasteiger partial charge in [-0.3, -0.25) is 4.79 Å². The van der Waals surface area contributed by atoms with E-state index in [-0.39, 0.29) is 29.0 Å². The molecule has 152 valence electrons. The SMILES string of the molecule is CC[C@@H]1[C@@H](Oc2nc3cc(OC)ccc3nc2Cl)CN[C@@H]1C(=O)OC(C)(C)C. The van der Waals surface area contributed by atoms with Crippen molar-refractivity contribution in [3.05, 3.63) is 23.4 Å². The van der Waals surface area contributed by atoms with E-state index in [9.17, 15) is 4.79 Å². The Bertz CT molecular complexity index is 868. The number of hydrogen-bond acceptors (Lipinski definition) is 7. The van der Waals surface area contributed by atoms with Crippen LogP contribution < -0.4 is 14.8 Å². The minimum absolute atomic E-state index is 0.0614. The largest absolute Gasteiger partial charge is 0.497 e. The molecule has 2 aromatic rings. The maximum Gasteiger partial charge on any atom is 0.324 e. The van der Waals surface area contributed by atoms with Crippen LogP contribution in [0.3, 0.4) is 0 Å². The Balaban J connectivity index is 1.81. The summed E-state index contributed by atoms with van der Waals surface area (Å²) >= 11 is 6.29. The Labute approximate surface area is 169 Å². The Morgan fingerprint density at radius 1 is 1.29 bits per heavy atom. The summed E-state index contributed by atoms with van der Waals surface area (Å²) in [4.78, 5) is 21.4. The van der Waals surface area contributed by atoms with Crippen molar-refractivity contribution in [2.45, 2.75) is 51.9 Å². The van der Waals surface area contributed by atoms with E-state index in [1.165, 1.54) is 0 Å². The highest BCUT2D eigenvalue weighted by molar-refractivity contribution is 6.31. The van der Waals surface area contributed by atoms with Gasteiger partial charge in [-0.25, -0.2) is 9.97 Å². The molecule has 3 rings (SSSR count). The fraction of sp³-hybridized carbons (Fsp3) is 0.550. The van der Waals surface area contributed by atoms with Crippen LogP contribution in [-0.4, -0.2) is 47.3 Å². The van der Waals surface area contributed by atoms with Crippen LogP contribution in [-0.2, 0) is 9.53 Å². The summed E-state index contributed by atoms with van der Waals surface area (Å²) in [7, 11) is 1.59. The fourth-order valence-electron chi connectivity index (χ4n) is 3.35. The number of aromatic nitrogens is 2. The van der Waals surface area contributed by atoms with E-state index < -0.39 is 11.6 Å². The highest BCUT2D eigenvalue weighted by Crippen LogP contribution is 2.30. The Morgan fingerprint density at radius 2 is 2.04 bits per heavy atom. The lowest BCUT2D eigenvalue weighted by Crippen LogP contribution is -2.41. The molecule has 7 nitrogen and oxygen atoms in total. The van der Waals surface area contributed by atoms with Crippen molar-refractivity contribution in [1.82, 2.24) is 15.3 Å². The normalized spacial score (nSPS) is 22.3. The topological polar surface area (TPSA) is 82.6 Å². The number of ether oxygens (including phenoxy) is 3. The van der Waals surface area contributed by atoms with Crippen LogP contribution in [0, 0.1) is 5.92 Å². The van der Waals surface area contributed by atoms with Gasteiger partial charge in [-0.2, -0.15) is 0 Å². The molecule has 0 unspecified atom stereocenters. The molecule has 0 radical (unpaired) electrons. The van der Waals surface area contributed by atoms with Crippen LogP contribution in [0.2, 0.25) is 5.15 Å². The van der Waals surface area contributed by atoms with E-state index in [0.717, 1.165) is 6.42 Å². The van der Waals surface area contributed by atoms with Gasteiger partial charge in [-0.05, 0) is 39.3 Å². The zero-order chi connectivity index (χ0) is 20.5. The maximum absolute atomic E-state index is 12.5. The van der Waals surface area contributed by atoms with E-state index in [4.69, 9.17) is 25.8 Å². The van der Waals surface area contributed by atoms with Crippen molar-refractivity contribution in [1.29, 1.82) is 0 Å². The van der Waals surface area contributed by atoms with E-state index in [1.807, 2.05) is 27.7 Å². The monoisotopic (exact) mass is 407 g/mol. The smallest absolute Gasteiger partial charge is 0.324 e. The van der Waals surface area contributed by atoms with Crippen LogP contribution in [0.15, 0.2) is 18.2 Å². The van der Waals surface area contributed by atoms with E-state index in [2.05, 4.69) is 15.3 Å². The second-order valence-corrected chi connectivity index (χ2v) is 8.18. The lowest BCUT2D eigenvalue weighted by Gasteiger charge is -2.26. The molecule has 8 heteroatoms. The van der Waals surface area contributed by atoms with Crippen LogP contribution in [0.4, 0.5) is 0 Å². The van der Waals surface area contributed by atoms with Gasteiger partial charge in [0.2, 0.25) is 0 Å². The predicted molar refractivity (Wildman–Crippen MR) is 107 cm³/mol. The number of esters is 1. The van der Waals surface area contributed by atoms with Crippen LogP contribution in [0.1, 0.15) is 34.1 Å². The molecule has 0 aliphatic carbocycles. The van der Waals surface area contributed by atoms with Crippen molar-refractivity contribution < 1.29 is 19.0 Å². The molecule has 0 spiro atoms. The number of benzene rings is 1. The second-order valence-electron chi connectivity index (χ2n) is 7.82. The van der Waals surface area contributed by atoms with E-state index >= 15 is 0 Å². The maximum atomic E-state index is 12.5. The van der Waals surface area contributed by atoms with Gasteiger partial charge in [-0.1, -0.05) is 18.5 Å². The third kappa shape index (κ3) is 4.47. The molecular formula is C20H26ClN3O4. The van der Waals surface area contributed by atoms with Crippen molar-refractivity contribution in [2.24, 2.45) is 5.92 Å². The first-order valence-corrected chi connectivity index (χ1v) is 9.74. The summed E-state index contributed by atoms with van der Waals surface area (Å²) in [6.07, 6.45) is 0.478. The third-order valence-corrected chi connectivity index (χ3v) is 4.89. The van der Waals surface area contributed by atoms with Gasteiger partial charge in [0.15, 0.2) is 5.15 Å². The molecule has 1 aromatic heterocycles. The molecule has 1 aliphatic heterocycles. The van der Waals surface area contributed by atoms with Gasteiger partial charge >= 0.3 is 5.97 Å². The Kier molecular flexibility index (Phi) is 5.95. The molecule has 0 bridgehead atoms. The first-order chi connectivity index (χ1) is 13.2. The highest BCUT2D eigenvalue weighted by Gasteiger charge is 2.42. The number of nitrogens with zero attached hydrogens (tertiary/aromatic N) is 2. The Hall–Kier alpha value is -2.12. The van der Waals surface area contributed by atoms with Crippen molar-refractivity contribution >= 4 is 28.6 Å². The van der Waals surface area contributed by atoms with Crippen molar-refractivity contribution in [3.63, 3.8) is 0 Å². The molecule has 28 heavy (non-hydrogen) atoms. The van der Waals surface area contributed by atoms with Crippen LogP contribution in [0.25, 0.3) is 11.0 Å². The number of methoxy groups -OCH3 is 1. The minimum atomic E-state index is -0.540.